The van der Waals surface area contributed by atoms with Crippen molar-refractivity contribution in [2.45, 2.75) is 12.5 Å². The van der Waals surface area contributed by atoms with Gasteiger partial charge in [0.1, 0.15) is 12.7 Å². The third kappa shape index (κ3) is 4.13. The number of nitrogens with one attached hydrogen (secondary N) is 1. The molecule has 2 aromatic carbocycles. The average Bonchev–Trinajstić information content (AvgIpc) is 3.23. The number of benzene rings is 2. The summed E-state index contributed by atoms with van der Waals surface area (Å²) in [5.41, 5.74) is 2.12. The summed E-state index contributed by atoms with van der Waals surface area (Å²) in [6.07, 6.45) is 3.08. The third-order valence-corrected chi connectivity index (χ3v) is 3.92. The molecule has 0 aliphatic heterocycles. The van der Waals surface area contributed by atoms with Crippen molar-refractivity contribution in [1.29, 1.82) is 0 Å². The molecule has 3 aromatic rings. The van der Waals surface area contributed by atoms with E-state index >= 15 is 0 Å². The van der Waals surface area contributed by atoms with Crippen molar-refractivity contribution >= 4 is 11.9 Å². The van der Waals surface area contributed by atoms with Crippen LogP contribution in [0.2, 0.25) is 0 Å². The van der Waals surface area contributed by atoms with Gasteiger partial charge in [-0.1, -0.05) is 30.3 Å². The fourth-order valence-corrected chi connectivity index (χ4v) is 2.54. The molecule has 0 spiro atoms. The molecule has 0 saturated carbocycles. The number of nitrogens with zero attached hydrogens (tertiary/aromatic N) is 3. The van der Waals surface area contributed by atoms with E-state index in [2.05, 4.69) is 15.4 Å². The van der Waals surface area contributed by atoms with Crippen molar-refractivity contribution in [3.8, 4) is 5.69 Å². The molecule has 1 heterocycles. The largest absolute Gasteiger partial charge is 0.469 e. The zero-order chi connectivity index (χ0) is 18.4. The molecule has 1 amide bonds. The van der Waals surface area contributed by atoms with Crippen LogP contribution >= 0.6 is 0 Å². The van der Waals surface area contributed by atoms with Crippen LogP contribution in [-0.4, -0.2) is 33.8 Å². The molecule has 1 aromatic heterocycles. The molecule has 0 aliphatic rings. The summed E-state index contributed by atoms with van der Waals surface area (Å²) in [7, 11) is 1.33. The van der Waals surface area contributed by atoms with Crippen molar-refractivity contribution < 1.29 is 14.3 Å². The van der Waals surface area contributed by atoms with Crippen molar-refractivity contribution in [2.24, 2.45) is 0 Å². The van der Waals surface area contributed by atoms with E-state index in [9.17, 15) is 9.59 Å². The van der Waals surface area contributed by atoms with Gasteiger partial charge < -0.3 is 10.1 Å². The van der Waals surface area contributed by atoms with E-state index in [1.165, 1.54) is 13.4 Å². The second kappa shape index (κ2) is 8.06. The van der Waals surface area contributed by atoms with Crippen LogP contribution in [-0.2, 0) is 9.53 Å². The minimum Gasteiger partial charge on any atom is -0.469 e. The zero-order valence-electron chi connectivity index (χ0n) is 14.2. The minimum atomic E-state index is -0.467. The first-order valence-electron chi connectivity index (χ1n) is 8.05. The highest BCUT2D eigenvalue weighted by molar-refractivity contribution is 5.94. The van der Waals surface area contributed by atoms with E-state index < -0.39 is 6.04 Å². The van der Waals surface area contributed by atoms with Crippen LogP contribution in [0.3, 0.4) is 0 Å². The van der Waals surface area contributed by atoms with E-state index in [0.29, 0.717) is 5.56 Å². The highest BCUT2D eigenvalue weighted by Crippen LogP contribution is 2.18. The predicted octanol–water partition coefficient (Wildman–Crippen LogP) is 2.30. The Labute approximate surface area is 150 Å². The van der Waals surface area contributed by atoms with Crippen LogP contribution in [0, 0.1) is 0 Å². The summed E-state index contributed by atoms with van der Waals surface area (Å²) < 4.78 is 6.34. The number of hydrogen-bond donors (Lipinski definition) is 1. The Morgan fingerprint density at radius 2 is 1.85 bits per heavy atom. The van der Waals surface area contributed by atoms with Crippen molar-refractivity contribution in [2.75, 3.05) is 7.11 Å². The van der Waals surface area contributed by atoms with Gasteiger partial charge in [-0.2, -0.15) is 5.10 Å². The lowest BCUT2D eigenvalue weighted by Crippen LogP contribution is -2.30. The van der Waals surface area contributed by atoms with Gasteiger partial charge in [0.25, 0.3) is 5.91 Å². The summed E-state index contributed by atoms with van der Waals surface area (Å²) in [6.45, 7) is 0. The molecule has 1 unspecified atom stereocenters. The minimum absolute atomic E-state index is 0.0588. The van der Waals surface area contributed by atoms with Gasteiger partial charge >= 0.3 is 5.97 Å². The highest BCUT2D eigenvalue weighted by Gasteiger charge is 2.19. The smallest absolute Gasteiger partial charge is 0.307 e. The molecule has 0 fully saturated rings. The van der Waals surface area contributed by atoms with Crippen molar-refractivity contribution in [3.63, 3.8) is 0 Å². The van der Waals surface area contributed by atoms with Crippen LogP contribution < -0.4 is 5.32 Å². The van der Waals surface area contributed by atoms with E-state index in [1.807, 2.05) is 30.3 Å². The van der Waals surface area contributed by atoms with Crippen LogP contribution in [0.4, 0.5) is 0 Å². The first-order valence-corrected chi connectivity index (χ1v) is 8.05. The molecule has 0 aliphatic carbocycles. The van der Waals surface area contributed by atoms with Gasteiger partial charge in [-0.05, 0) is 29.8 Å². The SMILES string of the molecule is COC(=O)CC(NC(=O)c1ccc(-n2cncn2)cc1)c1ccccc1. The Morgan fingerprint density at radius 3 is 2.46 bits per heavy atom. The molecule has 0 saturated heterocycles. The van der Waals surface area contributed by atoms with E-state index in [-0.39, 0.29) is 18.3 Å². The Kier molecular flexibility index (Phi) is 5.38. The summed E-state index contributed by atoms with van der Waals surface area (Å²) in [6, 6.07) is 15.8. The third-order valence-electron chi connectivity index (χ3n) is 3.92. The predicted molar refractivity (Wildman–Crippen MR) is 94.6 cm³/mol. The first-order chi connectivity index (χ1) is 12.7. The highest BCUT2D eigenvalue weighted by atomic mass is 16.5. The number of carbonyl (C=O) groups excluding carboxylic acids is 2. The summed E-state index contributed by atoms with van der Waals surface area (Å²) in [5, 5.41) is 6.94. The molecule has 132 valence electrons. The fourth-order valence-electron chi connectivity index (χ4n) is 2.54. The number of rotatable bonds is 6. The summed E-state index contributed by atoms with van der Waals surface area (Å²) >= 11 is 0. The van der Waals surface area contributed by atoms with Gasteiger partial charge in [0.15, 0.2) is 0 Å². The second-order valence-corrected chi connectivity index (χ2v) is 5.60. The molecule has 3 rings (SSSR count). The quantitative estimate of drug-likeness (QED) is 0.690. The van der Waals surface area contributed by atoms with Crippen LogP contribution in [0.1, 0.15) is 28.4 Å². The molecule has 1 atom stereocenters. The number of amides is 1. The first kappa shape index (κ1) is 17.3. The van der Waals surface area contributed by atoms with Gasteiger partial charge in [0.05, 0.1) is 25.3 Å². The second-order valence-electron chi connectivity index (χ2n) is 5.60. The number of carbonyl (C=O) groups is 2. The van der Waals surface area contributed by atoms with Crippen LogP contribution in [0.25, 0.3) is 5.69 Å². The Hall–Kier alpha value is -3.48. The number of aromatic nitrogens is 3. The monoisotopic (exact) mass is 350 g/mol. The maximum Gasteiger partial charge on any atom is 0.307 e. The van der Waals surface area contributed by atoms with E-state index in [0.717, 1.165) is 11.3 Å². The van der Waals surface area contributed by atoms with E-state index in [4.69, 9.17) is 4.74 Å². The lowest BCUT2D eigenvalue weighted by Gasteiger charge is -2.18. The van der Waals surface area contributed by atoms with Crippen molar-refractivity contribution in [1.82, 2.24) is 20.1 Å². The Balaban J connectivity index is 1.75. The average molecular weight is 350 g/mol. The molecular weight excluding hydrogens is 332 g/mol. The number of esters is 1. The number of ether oxygens (including phenoxy) is 1. The Morgan fingerprint density at radius 1 is 1.12 bits per heavy atom. The maximum atomic E-state index is 12.6. The van der Waals surface area contributed by atoms with Gasteiger partial charge in [-0.25, -0.2) is 9.67 Å². The summed E-state index contributed by atoms with van der Waals surface area (Å²) in [4.78, 5) is 28.2. The number of methoxy groups -OCH3 is 1. The Bertz CT molecular complexity index is 862. The standard InChI is InChI=1S/C19H18N4O3/c1-26-18(24)11-17(14-5-3-2-4-6-14)22-19(25)15-7-9-16(10-8-15)23-13-20-12-21-23/h2-10,12-13,17H,11H2,1H3,(H,22,25). The lowest BCUT2D eigenvalue weighted by atomic mass is 10.0. The fraction of sp³-hybridized carbons (Fsp3) is 0.158. The normalized spacial score (nSPS) is 11.6. The zero-order valence-corrected chi connectivity index (χ0v) is 14.2. The molecule has 26 heavy (non-hydrogen) atoms. The van der Waals surface area contributed by atoms with Gasteiger partial charge in [0, 0.05) is 5.56 Å². The number of hydrogen-bond acceptors (Lipinski definition) is 5. The van der Waals surface area contributed by atoms with Crippen LogP contribution in [0.15, 0.2) is 67.3 Å². The van der Waals surface area contributed by atoms with Gasteiger partial charge in [-0.15, -0.1) is 0 Å². The van der Waals surface area contributed by atoms with Gasteiger partial charge in [-0.3, -0.25) is 9.59 Å². The van der Waals surface area contributed by atoms with Gasteiger partial charge in [0.2, 0.25) is 0 Å². The summed E-state index contributed by atoms with van der Waals surface area (Å²) in [5.74, 6) is -0.659. The van der Waals surface area contributed by atoms with E-state index in [1.54, 1.807) is 35.3 Å². The molecule has 0 radical (unpaired) electrons. The van der Waals surface area contributed by atoms with Crippen molar-refractivity contribution in [3.05, 3.63) is 78.4 Å². The lowest BCUT2D eigenvalue weighted by molar-refractivity contribution is -0.141. The molecule has 1 N–H and O–H groups in total. The molecular formula is C19H18N4O3. The maximum absolute atomic E-state index is 12.6. The molecule has 7 heteroatoms. The molecule has 7 nitrogen and oxygen atoms in total. The topological polar surface area (TPSA) is 86.1 Å². The van der Waals surface area contributed by atoms with Crippen LogP contribution in [0.5, 0.6) is 0 Å². The molecule has 0 bridgehead atoms.